The van der Waals surface area contributed by atoms with Crippen LogP contribution in [0.1, 0.15) is 25.0 Å². The van der Waals surface area contributed by atoms with Gasteiger partial charge in [-0.2, -0.15) is 0 Å². The average Bonchev–Trinajstić information content (AvgIpc) is 1.94. The van der Waals surface area contributed by atoms with Gasteiger partial charge in [0.25, 0.3) is 0 Å². The standard InChI is InChI=1S/C10H12F/c1-7(2)9-4-5-10(11)8(3)6-9/h4-6H,1-3H3. The highest BCUT2D eigenvalue weighted by Crippen LogP contribution is 2.16. The maximum Gasteiger partial charge on any atom is 0.126 e. The first-order valence-electron chi connectivity index (χ1n) is 3.68. The lowest BCUT2D eigenvalue weighted by molar-refractivity contribution is 0.618. The third-order valence-corrected chi connectivity index (χ3v) is 1.74. The quantitative estimate of drug-likeness (QED) is 0.578. The second kappa shape index (κ2) is 3.04. The molecule has 1 aromatic carbocycles. The summed E-state index contributed by atoms with van der Waals surface area (Å²) in [5, 5.41) is 0. The van der Waals surface area contributed by atoms with Crippen LogP contribution < -0.4 is 0 Å². The molecule has 0 aromatic heterocycles. The topological polar surface area (TPSA) is 0 Å². The van der Waals surface area contributed by atoms with Gasteiger partial charge in [-0.15, -0.1) is 0 Å². The van der Waals surface area contributed by atoms with E-state index in [2.05, 4.69) is 0 Å². The summed E-state index contributed by atoms with van der Waals surface area (Å²) in [5.41, 5.74) is 1.83. The summed E-state index contributed by atoms with van der Waals surface area (Å²) < 4.78 is 12.8. The first kappa shape index (κ1) is 8.25. The minimum Gasteiger partial charge on any atom is -0.207 e. The molecule has 1 heteroatoms. The SMILES string of the molecule is C[C](C)c1ccc(F)c(C)c1. The van der Waals surface area contributed by atoms with E-state index >= 15 is 0 Å². The van der Waals surface area contributed by atoms with E-state index in [1.807, 2.05) is 19.9 Å². The van der Waals surface area contributed by atoms with Crippen molar-refractivity contribution in [3.63, 3.8) is 0 Å². The summed E-state index contributed by atoms with van der Waals surface area (Å²) in [4.78, 5) is 0. The van der Waals surface area contributed by atoms with Gasteiger partial charge in [0.05, 0.1) is 0 Å². The molecule has 1 radical (unpaired) electrons. The number of halogens is 1. The van der Waals surface area contributed by atoms with Crippen LogP contribution in [-0.4, -0.2) is 0 Å². The fourth-order valence-corrected chi connectivity index (χ4v) is 0.956. The Morgan fingerprint density at radius 1 is 1.27 bits per heavy atom. The van der Waals surface area contributed by atoms with Crippen LogP contribution in [0.15, 0.2) is 18.2 Å². The predicted octanol–water partition coefficient (Wildman–Crippen LogP) is 3.10. The third kappa shape index (κ3) is 1.79. The van der Waals surface area contributed by atoms with Crippen molar-refractivity contribution >= 4 is 0 Å². The van der Waals surface area contributed by atoms with Crippen molar-refractivity contribution in [3.8, 4) is 0 Å². The average molecular weight is 151 g/mol. The molecule has 1 aromatic rings. The van der Waals surface area contributed by atoms with Crippen molar-refractivity contribution in [1.29, 1.82) is 0 Å². The first-order chi connectivity index (χ1) is 5.11. The van der Waals surface area contributed by atoms with Crippen molar-refractivity contribution in [2.45, 2.75) is 20.8 Å². The Kier molecular flexibility index (Phi) is 2.28. The van der Waals surface area contributed by atoms with Crippen LogP contribution in [0.4, 0.5) is 4.39 Å². The first-order valence-corrected chi connectivity index (χ1v) is 3.68. The number of aryl methyl sites for hydroxylation is 1. The molecule has 11 heavy (non-hydrogen) atoms. The normalized spacial score (nSPS) is 10.6. The van der Waals surface area contributed by atoms with Gasteiger partial charge < -0.3 is 0 Å². The van der Waals surface area contributed by atoms with Gasteiger partial charge in [0, 0.05) is 0 Å². The molecule has 0 saturated heterocycles. The van der Waals surface area contributed by atoms with E-state index in [0.717, 1.165) is 5.56 Å². The smallest absolute Gasteiger partial charge is 0.126 e. The summed E-state index contributed by atoms with van der Waals surface area (Å²) in [5.74, 6) is 1.09. The number of rotatable bonds is 1. The lowest BCUT2D eigenvalue weighted by Crippen LogP contribution is -1.90. The molecular formula is C10H12F. The van der Waals surface area contributed by atoms with E-state index in [1.165, 1.54) is 12.0 Å². The zero-order chi connectivity index (χ0) is 8.43. The minimum absolute atomic E-state index is 0.130. The van der Waals surface area contributed by atoms with E-state index in [-0.39, 0.29) is 5.82 Å². The van der Waals surface area contributed by atoms with Gasteiger partial charge in [-0.25, -0.2) is 4.39 Å². The van der Waals surface area contributed by atoms with E-state index in [9.17, 15) is 4.39 Å². The summed E-state index contributed by atoms with van der Waals surface area (Å²) in [6.45, 7) is 5.82. The van der Waals surface area contributed by atoms with Gasteiger partial charge >= 0.3 is 0 Å². The molecule has 0 aliphatic rings. The van der Waals surface area contributed by atoms with Gasteiger partial charge in [0.2, 0.25) is 0 Å². The fraction of sp³-hybridized carbons (Fsp3) is 0.300. The lowest BCUT2D eigenvalue weighted by atomic mass is 10.0. The maximum atomic E-state index is 12.8. The van der Waals surface area contributed by atoms with Crippen molar-refractivity contribution in [1.82, 2.24) is 0 Å². The lowest BCUT2D eigenvalue weighted by Gasteiger charge is -2.05. The monoisotopic (exact) mass is 151 g/mol. The van der Waals surface area contributed by atoms with Crippen LogP contribution in [0.25, 0.3) is 0 Å². The van der Waals surface area contributed by atoms with Gasteiger partial charge in [-0.3, -0.25) is 0 Å². The van der Waals surface area contributed by atoms with E-state index in [0.29, 0.717) is 5.56 Å². The Balaban J connectivity index is 3.05. The van der Waals surface area contributed by atoms with Crippen molar-refractivity contribution in [3.05, 3.63) is 41.1 Å². The molecule has 0 nitrogen and oxygen atoms in total. The zero-order valence-electron chi connectivity index (χ0n) is 7.11. The summed E-state index contributed by atoms with van der Waals surface area (Å²) in [6, 6.07) is 5.18. The molecule has 0 saturated carbocycles. The molecule has 0 aliphatic carbocycles. The molecule has 0 fully saturated rings. The number of hydrogen-bond acceptors (Lipinski definition) is 0. The van der Waals surface area contributed by atoms with Crippen molar-refractivity contribution in [2.24, 2.45) is 0 Å². The molecule has 0 spiro atoms. The molecular weight excluding hydrogens is 139 g/mol. The number of hydrogen-bond donors (Lipinski definition) is 0. The Labute approximate surface area is 67.1 Å². The van der Waals surface area contributed by atoms with E-state index in [4.69, 9.17) is 0 Å². The van der Waals surface area contributed by atoms with Crippen LogP contribution >= 0.6 is 0 Å². The van der Waals surface area contributed by atoms with Gasteiger partial charge in [-0.1, -0.05) is 26.0 Å². The molecule has 59 valence electrons. The zero-order valence-corrected chi connectivity index (χ0v) is 7.11. The van der Waals surface area contributed by atoms with Crippen molar-refractivity contribution in [2.75, 3.05) is 0 Å². The Morgan fingerprint density at radius 3 is 2.36 bits per heavy atom. The second-order valence-electron chi connectivity index (χ2n) is 2.96. The van der Waals surface area contributed by atoms with Crippen LogP contribution in [0, 0.1) is 18.7 Å². The summed E-state index contributed by atoms with van der Waals surface area (Å²) >= 11 is 0. The molecule has 0 unspecified atom stereocenters. The molecule has 1 rings (SSSR count). The summed E-state index contributed by atoms with van der Waals surface area (Å²) in [7, 11) is 0. The van der Waals surface area contributed by atoms with Crippen LogP contribution in [0.3, 0.4) is 0 Å². The van der Waals surface area contributed by atoms with Crippen molar-refractivity contribution < 1.29 is 4.39 Å². The fourth-order valence-electron chi connectivity index (χ4n) is 0.956. The molecule has 0 aliphatic heterocycles. The van der Waals surface area contributed by atoms with Crippen LogP contribution in [0.5, 0.6) is 0 Å². The molecule has 0 bridgehead atoms. The minimum atomic E-state index is -0.130. The number of benzene rings is 1. The third-order valence-electron chi connectivity index (χ3n) is 1.74. The highest BCUT2D eigenvalue weighted by molar-refractivity contribution is 5.32. The van der Waals surface area contributed by atoms with E-state index < -0.39 is 0 Å². The Morgan fingerprint density at radius 2 is 1.91 bits per heavy atom. The maximum absolute atomic E-state index is 12.8. The Hall–Kier alpha value is -0.850. The van der Waals surface area contributed by atoms with Crippen LogP contribution in [-0.2, 0) is 0 Å². The molecule has 0 N–H and O–H groups in total. The second-order valence-corrected chi connectivity index (χ2v) is 2.96. The van der Waals surface area contributed by atoms with Crippen LogP contribution in [0.2, 0.25) is 0 Å². The molecule has 0 amide bonds. The highest BCUT2D eigenvalue weighted by Gasteiger charge is 2.01. The van der Waals surface area contributed by atoms with Gasteiger partial charge in [0.1, 0.15) is 5.82 Å². The van der Waals surface area contributed by atoms with Gasteiger partial charge in [-0.05, 0) is 30.0 Å². The predicted molar refractivity (Wildman–Crippen MR) is 44.8 cm³/mol. The van der Waals surface area contributed by atoms with E-state index in [1.54, 1.807) is 13.0 Å². The highest BCUT2D eigenvalue weighted by atomic mass is 19.1. The summed E-state index contributed by atoms with van der Waals surface area (Å²) in [6.07, 6.45) is 0. The molecule has 0 heterocycles. The van der Waals surface area contributed by atoms with Gasteiger partial charge in [0.15, 0.2) is 0 Å². The Bertz CT molecular complexity index is 251. The largest absolute Gasteiger partial charge is 0.207 e. The molecule has 0 atom stereocenters.